The minimum Gasteiger partial charge on any atom is -0.484 e. The summed E-state index contributed by atoms with van der Waals surface area (Å²) < 4.78 is 10.8. The molecule has 0 aliphatic carbocycles. The SMILES string of the molecule is COCCCN(CC(=O)N1CCc2sccc2C1c1ccc(Cl)cc1)C(=O)COc1ccccc1. The summed E-state index contributed by atoms with van der Waals surface area (Å²) in [5.74, 6) is 0.301. The van der Waals surface area contributed by atoms with Crippen LogP contribution in [0.3, 0.4) is 0 Å². The summed E-state index contributed by atoms with van der Waals surface area (Å²) in [7, 11) is 1.62. The zero-order valence-electron chi connectivity index (χ0n) is 19.7. The Bertz CT molecular complexity index is 1120. The minimum atomic E-state index is -0.227. The molecule has 0 N–H and O–H groups in total. The van der Waals surface area contributed by atoms with Gasteiger partial charge in [0.05, 0.1) is 12.6 Å². The van der Waals surface area contributed by atoms with Crippen LogP contribution in [0.2, 0.25) is 5.02 Å². The zero-order chi connectivity index (χ0) is 24.6. The van der Waals surface area contributed by atoms with E-state index in [2.05, 4.69) is 11.4 Å². The second kappa shape index (κ2) is 12.2. The number of nitrogens with zero attached hydrogens (tertiary/aromatic N) is 2. The van der Waals surface area contributed by atoms with Crippen molar-refractivity contribution in [2.24, 2.45) is 0 Å². The van der Waals surface area contributed by atoms with Crippen molar-refractivity contribution in [1.82, 2.24) is 9.80 Å². The van der Waals surface area contributed by atoms with E-state index >= 15 is 0 Å². The van der Waals surface area contributed by atoms with Crippen molar-refractivity contribution in [3.63, 3.8) is 0 Å². The van der Waals surface area contributed by atoms with E-state index in [-0.39, 0.29) is 31.0 Å². The van der Waals surface area contributed by atoms with Gasteiger partial charge in [-0.05, 0) is 59.7 Å². The fourth-order valence-electron chi connectivity index (χ4n) is 4.29. The Morgan fingerprint density at radius 2 is 1.89 bits per heavy atom. The third-order valence-electron chi connectivity index (χ3n) is 6.03. The van der Waals surface area contributed by atoms with Gasteiger partial charge in [0.2, 0.25) is 5.91 Å². The van der Waals surface area contributed by atoms with Gasteiger partial charge in [-0.1, -0.05) is 41.9 Å². The van der Waals surface area contributed by atoms with E-state index in [0.29, 0.717) is 36.9 Å². The molecule has 0 spiro atoms. The normalized spacial score (nSPS) is 14.9. The van der Waals surface area contributed by atoms with Gasteiger partial charge < -0.3 is 19.3 Å². The number of rotatable bonds is 10. The molecule has 0 saturated carbocycles. The Kier molecular flexibility index (Phi) is 8.79. The molecule has 0 bridgehead atoms. The maximum Gasteiger partial charge on any atom is 0.260 e. The Labute approximate surface area is 215 Å². The Morgan fingerprint density at radius 1 is 1.11 bits per heavy atom. The van der Waals surface area contributed by atoms with E-state index in [1.807, 2.05) is 47.4 Å². The van der Waals surface area contributed by atoms with Crippen LogP contribution in [0.4, 0.5) is 0 Å². The van der Waals surface area contributed by atoms with Gasteiger partial charge in [0.1, 0.15) is 5.75 Å². The maximum atomic E-state index is 13.6. The van der Waals surface area contributed by atoms with E-state index in [1.54, 1.807) is 35.5 Å². The number of thiophene rings is 1. The Hall–Kier alpha value is -2.87. The molecule has 0 radical (unpaired) electrons. The van der Waals surface area contributed by atoms with Crippen LogP contribution in [-0.4, -0.2) is 61.6 Å². The fraction of sp³-hybridized carbons (Fsp3) is 0.333. The van der Waals surface area contributed by atoms with Crippen molar-refractivity contribution in [1.29, 1.82) is 0 Å². The van der Waals surface area contributed by atoms with Crippen molar-refractivity contribution in [3.8, 4) is 5.75 Å². The number of halogens is 1. The van der Waals surface area contributed by atoms with Gasteiger partial charge >= 0.3 is 0 Å². The number of amides is 2. The van der Waals surface area contributed by atoms with Gasteiger partial charge in [0.15, 0.2) is 6.61 Å². The summed E-state index contributed by atoms with van der Waals surface area (Å²) in [5.41, 5.74) is 2.15. The van der Waals surface area contributed by atoms with Crippen LogP contribution in [-0.2, 0) is 20.7 Å². The number of carbonyl (C=O) groups excluding carboxylic acids is 2. The molecule has 2 aromatic carbocycles. The molecule has 8 heteroatoms. The maximum absolute atomic E-state index is 13.6. The summed E-state index contributed by atoms with van der Waals surface area (Å²) in [6.45, 7) is 1.39. The highest BCUT2D eigenvalue weighted by Gasteiger charge is 2.34. The second-order valence-corrected chi connectivity index (χ2v) is 9.79. The van der Waals surface area contributed by atoms with Gasteiger partial charge in [-0.25, -0.2) is 0 Å². The Morgan fingerprint density at radius 3 is 2.63 bits per heavy atom. The lowest BCUT2D eigenvalue weighted by molar-refractivity contribution is -0.143. The predicted octanol–water partition coefficient (Wildman–Crippen LogP) is 4.82. The van der Waals surface area contributed by atoms with Gasteiger partial charge in [0.25, 0.3) is 5.91 Å². The second-order valence-electron chi connectivity index (χ2n) is 8.35. The summed E-state index contributed by atoms with van der Waals surface area (Å²) in [5, 5.41) is 2.73. The van der Waals surface area contributed by atoms with Crippen LogP contribution in [0.25, 0.3) is 0 Å². The van der Waals surface area contributed by atoms with Crippen molar-refractivity contribution in [3.05, 3.63) is 87.1 Å². The largest absolute Gasteiger partial charge is 0.484 e. The third-order valence-corrected chi connectivity index (χ3v) is 7.28. The highest BCUT2D eigenvalue weighted by Crippen LogP contribution is 2.38. The van der Waals surface area contributed by atoms with Crippen LogP contribution < -0.4 is 4.74 Å². The zero-order valence-corrected chi connectivity index (χ0v) is 21.3. The van der Waals surface area contributed by atoms with E-state index in [4.69, 9.17) is 21.1 Å². The molecule has 35 heavy (non-hydrogen) atoms. The van der Waals surface area contributed by atoms with Crippen LogP contribution >= 0.6 is 22.9 Å². The molecule has 1 aliphatic heterocycles. The van der Waals surface area contributed by atoms with Crippen LogP contribution in [0.1, 0.15) is 28.5 Å². The van der Waals surface area contributed by atoms with E-state index < -0.39 is 0 Å². The van der Waals surface area contributed by atoms with Gasteiger partial charge in [-0.2, -0.15) is 0 Å². The first-order valence-corrected chi connectivity index (χ1v) is 12.9. The molecular formula is C27H29ClN2O4S. The van der Waals surface area contributed by atoms with Gasteiger partial charge in [0, 0.05) is 36.7 Å². The van der Waals surface area contributed by atoms with Crippen molar-refractivity contribution < 1.29 is 19.1 Å². The monoisotopic (exact) mass is 512 g/mol. The van der Waals surface area contributed by atoms with Crippen molar-refractivity contribution in [2.75, 3.05) is 40.0 Å². The first-order chi connectivity index (χ1) is 17.1. The number of benzene rings is 2. The Balaban J connectivity index is 1.51. The molecule has 2 heterocycles. The quantitative estimate of drug-likeness (QED) is 0.365. The van der Waals surface area contributed by atoms with Crippen LogP contribution in [0.15, 0.2) is 66.0 Å². The number of para-hydroxylation sites is 1. The van der Waals surface area contributed by atoms with E-state index in [9.17, 15) is 9.59 Å². The summed E-state index contributed by atoms with van der Waals surface area (Å²) >= 11 is 7.84. The molecule has 1 aliphatic rings. The average Bonchev–Trinajstić information content (AvgIpc) is 3.36. The summed E-state index contributed by atoms with van der Waals surface area (Å²) in [6.07, 6.45) is 1.44. The minimum absolute atomic E-state index is 0.00967. The standard InChI is InChI=1S/C27H29ClN2O4S/c1-33-16-5-14-29(26(32)19-34-22-6-3-2-4-7-22)18-25(31)30-15-12-24-23(13-17-35-24)27(30)20-8-10-21(28)11-9-20/h2-4,6-11,13,17,27H,5,12,14-16,18-19H2,1H3. The number of hydrogen-bond donors (Lipinski definition) is 0. The fourth-order valence-corrected chi connectivity index (χ4v) is 5.32. The lowest BCUT2D eigenvalue weighted by Gasteiger charge is -2.37. The lowest BCUT2D eigenvalue weighted by atomic mass is 9.93. The molecular weight excluding hydrogens is 484 g/mol. The third kappa shape index (κ3) is 6.42. The van der Waals surface area contributed by atoms with E-state index in [1.165, 1.54) is 4.88 Å². The van der Waals surface area contributed by atoms with Crippen molar-refractivity contribution >= 4 is 34.8 Å². The molecule has 184 valence electrons. The average molecular weight is 513 g/mol. The molecule has 2 amide bonds. The molecule has 1 unspecified atom stereocenters. The van der Waals surface area contributed by atoms with Gasteiger partial charge in [-0.3, -0.25) is 9.59 Å². The molecule has 1 aromatic heterocycles. The molecule has 0 saturated heterocycles. The highest BCUT2D eigenvalue weighted by atomic mass is 35.5. The summed E-state index contributed by atoms with van der Waals surface area (Å²) in [4.78, 5) is 31.4. The topological polar surface area (TPSA) is 59.1 Å². The molecule has 6 nitrogen and oxygen atoms in total. The first kappa shape index (κ1) is 25.2. The number of carbonyl (C=O) groups is 2. The van der Waals surface area contributed by atoms with Crippen LogP contribution in [0.5, 0.6) is 5.75 Å². The number of fused-ring (bicyclic) bond motifs is 1. The molecule has 1 atom stereocenters. The highest BCUT2D eigenvalue weighted by molar-refractivity contribution is 7.10. The van der Waals surface area contributed by atoms with Crippen LogP contribution in [0, 0.1) is 0 Å². The predicted molar refractivity (Wildman–Crippen MR) is 138 cm³/mol. The summed E-state index contributed by atoms with van der Waals surface area (Å²) in [6, 6.07) is 18.7. The smallest absolute Gasteiger partial charge is 0.260 e. The van der Waals surface area contributed by atoms with E-state index in [0.717, 1.165) is 17.5 Å². The number of methoxy groups -OCH3 is 1. The molecule has 3 aromatic rings. The lowest BCUT2D eigenvalue weighted by Crippen LogP contribution is -2.48. The van der Waals surface area contributed by atoms with Gasteiger partial charge in [-0.15, -0.1) is 11.3 Å². The number of ether oxygens (including phenoxy) is 2. The molecule has 4 rings (SSSR count). The van der Waals surface area contributed by atoms with Crippen molar-refractivity contribution in [2.45, 2.75) is 18.9 Å². The molecule has 0 fully saturated rings. The number of hydrogen-bond acceptors (Lipinski definition) is 5. The first-order valence-electron chi connectivity index (χ1n) is 11.6.